The number of nitrogens with one attached hydrogen (secondary N) is 3. The molecular weight excluding hydrogens is 374 g/mol. The van der Waals surface area contributed by atoms with Crippen molar-refractivity contribution < 1.29 is 13.2 Å². The van der Waals surface area contributed by atoms with Crippen molar-refractivity contribution in [2.75, 3.05) is 7.05 Å². The quantitative estimate of drug-likeness (QED) is 0.672. The van der Waals surface area contributed by atoms with Crippen LogP contribution < -0.4 is 15.4 Å². The number of amides is 2. The van der Waals surface area contributed by atoms with E-state index in [-0.39, 0.29) is 17.0 Å². The highest BCUT2D eigenvalue weighted by Crippen LogP contribution is 2.19. The second kappa shape index (κ2) is 9.02. The maximum atomic E-state index is 12.1. The molecule has 0 aromatic heterocycles. The molecule has 0 spiro atoms. The van der Waals surface area contributed by atoms with Gasteiger partial charge in [0, 0.05) is 11.6 Å². The van der Waals surface area contributed by atoms with Gasteiger partial charge in [-0.1, -0.05) is 42.8 Å². The van der Waals surface area contributed by atoms with Crippen LogP contribution in [-0.4, -0.2) is 21.5 Å². The standard InChI is InChI=1S/C18H22ClN3O3S/c1-3-17(14-6-8-15(19)9-7-14)22-18(23)21-12-13-4-10-16(11-5-13)26(24,25)20-2/h4-11,17,20H,3,12H2,1-2H3,(H2,21,22,23). The number of halogens is 1. The summed E-state index contributed by atoms with van der Waals surface area (Å²) in [5, 5.41) is 6.34. The fourth-order valence-corrected chi connectivity index (χ4v) is 3.27. The van der Waals surface area contributed by atoms with Gasteiger partial charge in [-0.05, 0) is 48.9 Å². The van der Waals surface area contributed by atoms with Gasteiger partial charge in [0.2, 0.25) is 10.0 Å². The van der Waals surface area contributed by atoms with E-state index < -0.39 is 10.0 Å². The molecule has 0 aliphatic carbocycles. The molecule has 0 radical (unpaired) electrons. The molecule has 2 aromatic rings. The predicted octanol–water partition coefficient (Wildman–Crippen LogP) is 3.20. The second-order valence-corrected chi connectivity index (χ2v) is 8.01. The zero-order chi connectivity index (χ0) is 19.2. The fraction of sp³-hybridized carbons (Fsp3) is 0.278. The minimum atomic E-state index is -3.46. The van der Waals surface area contributed by atoms with Gasteiger partial charge in [-0.3, -0.25) is 0 Å². The summed E-state index contributed by atoms with van der Waals surface area (Å²) in [6.07, 6.45) is 0.742. The van der Waals surface area contributed by atoms with Crippen LogP contribution in [0.5, 0.6) is 0 Å². The summed E-state index contributed by atoms with van der Waals surface area (Å²) in [6.45, 7) is 2.28. The predicted molar refractivity (Wildman–Crippen MR) is 103 cm³/mol. The van der Waals surface area contributed by atoms with E-state index in [1.54, 1.807) is 24.3 Å². The Morgan fingerprint density at radius 3 is 2.23 bits per heavy atom. The lowest BCUT2D eigenvalue weighted by Crippen LogP contribution is -2.37. The molecule has 140 valence electrons. The normalized spacial score (nSPS) is 12.4. The average molecular weight is 396 g/mol. The molecule has 26 heavy (non-hydrogen) atoms. The second-order valence-electron chi connectivity index (χ2n) is 5.69. The van der Waals surface area contributed by atoms with Crippen molar-refractivity contribution in [1.82, 2.24) is 15.4 Å². The number of carbonyl (C=O) groups is 1. The molecule has 0 heterocycles. The van der Waals surface area contributed by atoms with E-state index in [1.165, 1.54) is 19.2 Å². The van der Waals surface area contributed by atoms with Crippen molar-refractivity contribution in [3.05, 3.63) is 64.7 Å². The molecule has 0 fully saturated rings. The number of rotatable bonds is 7. The molecular formula is C18H22ClN3O3S. The molecule has 2 aromatic carbocycles. The van der Waals surface area contributed by atoms with E-state index in [2.05, 4.69) is 15.4 Å². The summed E-state index contributed by atoms with van der Waals surface area (Å²) < 4.78 is 25.6. The van der Waals surface area contributed by atoms with Crippen LogP contribution in [0.15, 0.2) is 53.4 Å². The molecule has 6 nitrogen and oxygen atoms in total. The molecule has 1 atom stereocenters. The zero-order valence-electron chi connectivity index (χ0n) is 14.6. The third-order valence-corrected chi connectivity index (χ3v) is 5.62. The third-order valence-electron chi connectivity index (χ3n) is 3.94. The first-order valence-corrected chi connectivity index (χ1v) is 10.0. The molecule has 3 N–H and O–H groups in total. The summed E-state index contributed by atoms with van der Waals surface area (Å²) in [5.41, 5.74) is 1.78. The highest BCUT2D eigenvalue weighted by Gasteiger charge is 2.13. The molecule has 0 bridgehead atoms. The number of urea groups is 1. The zero-order valence-corrected chi connectivity index (χ0v) is 16.2. The first-order valence-electron chi connectivity index (χ1n) is 8.18. The summed E-state index contributed by atoms with van der Waals surface area (Å²) in [6, 6.07) is 13.3. The minimum absolute atomic E-state index is 0.115. The molecule has 0 aliphatic rings. The number of benzene rings is 2. The van der Waals surface area contributed by atoms with Crippen molar-refractivity contribution in [3.63, 3.8) is 0 Å². The minimum Gasteiger partial charge on any atom is -0.334 e. The van der Waals surface area contributed by atoms with Gasteiger partial charge < -0.3 is 10.6 Å². The summed E-state index contributed by atoms with van der Waals surface area (Å²) in [4.78, 5) is 12.3. The smallest absolute Gasteiger partial charge is 0.315 e. The summed E-state index contributed by atoms with van der Waals surface area (Å²) in [7, 11) is -2.10. The Hall–Kier alpha value is -2.09. The van der Waals surface area contributed by atoms with Gasteiger partial charge in [0.15, 0.2) is 0 Å². The van der Waals surface area contributed by atoms with Crippen LogP contribution in [0.1, 0.15) is 30.5 Å². The highest BCUT2D eigenvalue weighted by atomic mass is 35.5. The van der Waals surface area contributed by atoms with Crippen LogP contribution in [-0.2, 0) is 16.6 Å². The van der Waals surface area contributed by atoms with Gasteiger partial charge in [-0.2, -0.15) is 0 Å². The lowest BCUT2D eigenvalue weighted by atomic mass is 10.1. The first-order chi connectivity index (χ1) is 12.4. The summed E-state index contributed by atoms with van der Waals surface area (Å²) >= 11 is 5.89. The monoisotopic (exact) mass is 395 g/mol. The van der Waals surface area contributed by atoms with Gasteiger partial charge in [-0.25, -0.2) is 17.9 Å². The molecule has 2 rings (SSSR count). The Balaban J connectivity index is 1.92. The van der Waals surface area contributed by atoms with Crippen molar-refractivity contribution >= 4 is 27.7 Å². The largest absolute Gasteiger partial charge is 0.334 e. The Labute approximate surface area is 159 Å². The number of sulfonamides is 1. The Morgan fingerprint density at radius 1 is 1.08 bits per heavy atom. The molecule has 2 amide bonds. The van der Waals surface area contributed by atoms with E-state index in [0.717, 1.165) is 17.5 Å². The first kappa shape index (κ1) is 20.2. The van der Waals surface area contributed by atoms with E-state index in [4.69, 9.17) is 11.6 Å². The van der Waals surface area contributed by atoms with Crippen molar-refractivity contribution in [2.24, 2.45) is 0 Å². The van der Waals surface area contributed by atoms with E-state index in [0.29, 0.717) is 11.6 Å². The molecule has 1 unspecified atom stereocenters. The molecule has 0 saturated carbocycles. The van der Waals surface area contributed by atoms with E-state index >= 15 is 0 Å². The molecule has 0 saturated heterocycles. The van der Waals surface area contributed by atoms with Crippen molar-refractivity contribution in [3.8, 4) is 0 Å². The van der Waals surface area contributed by atoms with Crippen LogP contribution in [0.2, 0.25) is 5.02 Å². The van der Waals surface area contributed by atoms with Gasteiger partial charge in [-0.15, -0.1) is 0 Å². The van der Waals surface area contributed by atoms with Crippen LogP contribution in [0.4, 0.5) is 4.79 Å². The van der Waals surface area contributed by atoms with E-state index in [9.17, 15) is 13.2 Å². The Morgan fingerprint density at radius 2 is 1.69 bits per heavy atom. The van der Waals surface area contributed by atoms with Crippen LogP contribution >= 0.6 is 11.6 Å². The highest BCUT2D eigenvalue weighted by molar-refractivity contribution is 7.89. The topological polar surface area (TPSA) is 87.3 Å². The number of carbonyl (C=O) groups excluding carboxylic acids is 1. The van der Waals surface area contributed by atoms with Gasteiger partial charge in [0.25, 0.3) is 0 Å². The van der Waals surface area contributed by atoms with Crippen LogP contribution in [0.25, 0.3) is 0 Å². The van der Waals surface area contributed by atoms with Gasteiger partial charge in [0.05, 0.1) is 10.9 Å². The fourth-order valence-electron chi connectivity index (χ4n) is 2.41. The average Bonchev–Trinajstić information content (AvgIpc) is 2.65. The maximum absolute atomic E-state index is 12.1. The van der Waals surface area contributed by atoms with E-state index in [1.807, 2.05) is 19.1 Å². The third kappa shape index (κ3) is 5.45. The molecule has 8 heteroatoms. The van der Waals surface area contributed by atoms with Crippen LogP contribution in [0.3, 0.4) is 0 Å². The van der Waals surface area contributed by atoms with Gasteiger partial charge in [0.1, 0.15) is 0 Å². The number of hydrogen-bond acceptors (Lipinski definition) is 3. The maximum Gasteiger partial charge on any atom is 0.315 e. The van der Waals surface area contributed by atoms with Crippen molar-refractivity contribution in [1.29, 1.82) is 0 Å². The molecule has 0 aliphatic heterocycles. The Kier molecular flexibility index (Phi) is 7.02. The lowest BCUT2D eigenvalue weighted by Gasteiger charge is -2.18. The van der Waals surface area contributed by atoms with Gasteiger partial charge >= 0.3 is 6.03 Å². The SMILES string of the molecule is CCC(NC(=O)NCc1ccc(S(=O)(=O)NC)cc1)c1ccc(Cl)cc1. The lowest BCUT2D eigenvalue weighted by molar-refractivity contribution is 0.236. The van der Waals surface area contributed by atoms with Crippen LogP contribution in [0, 0.1) is 0 Å². The summed E-state index contributed by atoms with van der Waals surface area (Å²) in [5.74, 6) is 0. The Bertz CT molecular complexity index is 837. The number of hydrogen-bond donors (Lipinski definition) is 3. The van der Waals surface area contributed by atoms with Crippen molar-refractivity contribution in [2.45, 2.75) is 30.8 Å².